The fraction of sp³-hybridized carbons (Fsp3) is 0.808. The number of ether oxygens (including phenoxy) is 5. The second kappa shape index (κ2) is 21.1. The molecule has 0 spiro atoms. The van der Waals surface area contributed by atoms with Crippen molar-refractivity contribution in [3.8, 4) is 0 Å². The molecule has 0 unspecified atom stereocenters. The minimum absolute atomic E-state index is 0.0158. The average Bonchev–Trinajstić information content (AvgIpc) is 2.88. The molecule has 12 nitrogen and oxygen atoms in total. The Bertz CT molecular complexity index is 671. The van der Waals surface area contributed by atoms with E-state index in [4.69, 9.17) is 28.8 Å². The molecule has 0 saturated heterocycles. The molecule has 0 heterocycles. The van der Waals surface area contributed by atoms with E-state index in [-0.39, 0.29) is 46.0 Å². The predicted molar refractivity (Wildman–Crippen MR) is 136 cm³/mol. The van der Waals surface area contributed by atoms with Crippen molar-refractivity contribution >= 4 is 30.0 Å². The van der Waals surface area contributed by atoms with Crippen LogP contribution in [0.3, 0.4) is 0 Å². The molecule has 1 amide bonds. The fourth-order valence-corrected chi connectivity index (χ4v) is 3.08. The number of esters is 3. The Morgan fingerprint density at radius 1 is 0.605 bits per heavy atom. The molecule has 0 aromatic rings. The third-order valence-corrected chi connectivity index (χ3v) is 5.32. The second-order valence-electron chi connectivity index (χ2n) is 8.60. The maximum Gasteiger partial charge on any atom is 0.411 e. The third kappa shape index (κ3) is 12.1. The quantitative estimate of drug-likeness (QED) is 0.0916. The van der Waals surface area contributed by atoms with Crippen molar-refractivity contribution in [2.45, 2.75) is 91.0 Å². The van der Waals surface area contributed by atoms with Crippen LogP contribution in [0.25, 0.3) is 0 Å². The summed E-state index contributed by atoms with van der Waals surface area (Å²) in [4.78, 5) is 65.4. The van der Waals surface area contributed by atoms with Crippen molar-refractivity contribution in [1.29, 1.82) is 0 Å². The Balaban J connectivity index is 6.53. The van der Waals surface area contributed by atoms with Gasteiger partial charge in [0.2, 0.25) is 0 Å². The molecule has 0 aliphatic carbocycles. The van der Waals surface area contributed by atoms with Gasteiger partial charge in [0.1, 0.15) is 6.61 Å². The maximum absolute atomic E-state index is 13.6. The number of carboxylic acids is 1. The van der Waals surface area contributed by atoms with Crippen LogP contribution < -0.4 is 0 Å². The van der Waals surface area contributed by atoms with Crippen molar-refractivity contribution in [2.75, 3.05) is 46.2 Å². The van der Waals surface area contributed by atoms with Crippen LogP contribution in [0, 0.1) is 0 Å². The normalized spacial score (nSPS) is 10.9. The summed E-state index contributed by atoms with van der Waals surface area (Å²) in [6.07, 6.45) is 3.48. The van der Waals surface area contributed by atoms with Crippen LogP contribution in [-0.2, 0) is 42.9 Å². The van der Waals surface area contributed by atoms with Crippen molar-refractivity contribution in [3.05, 3.63) is 0 Å². The molecule has 0 aromatic carbocycles. The molecule has 0 aliphatic rings. The zero-order chi connectivity index (χ0) is 28.8. The summed E-state index contributed by atoms with van der Waals surface area (Å²) in [5.41, 5.74) is -2.90. The minimum atomic E-state index is -2.90. The summed E-state index contributed by atoms with van der Waals surface area (Å²) >= 11 is 0. The summed E-state index contributed by atoms with van der Waals surface area (Å²) in [6, 6.07) is 0. The zero-order valence-corrected chi connectivity index (χ0v) is 23.3. The number of nitrogens with zero attached hydrogens (tertiary/aromatic N) is 1. The highest BCUT2D eigenvalue weighted by atomic mass is 16.6. The first kappa shape index (κ1) is 35.1. The van der Waals surface area contributed by atoms with Gasteiger partial charge in [-0.1, -0.05) is 53.4 Å². The number of hydrogen-bond donors (Lipinski definition) is 1. The number of aliphatic carboxylic acids is 1. The molecule has 0 saturated carbocycles. The molecule has 0 aliphatic heterocycles. The standard InChI is InChI=1S/C26H45NO11/c1-5-9-16-35-22(30)26(23(31)36-17-10-6-2,24(32)37-18-11-7-3)27(25(33)38-19-12-8-4)14-13-15-34-20-21(28)29/h5-20H2,1-4H3,(H,28,29). The van der Waals surface area contributed by atoms with E-state index >= 15 is 0 Å². The lowest BCUT2D eigenvalue weighted by Gasteiger charge is -2.36. The van der Waals surface area contributed by atoms with Gasteiger partial charge in [-0.05, 0) is 32.1 Å². The molecule has 38 heavy (non-hydrogen) atoms. The number of carbonyl (C=O) groups is 5. The van der Waals surface area contributed by atoms with Gasteiger partial charge in [-0.2, -0.15) is 0 Å². The Kier molecular flexibility index (Phi) is 19.5. The largest absolute Gasteiger partial charge is 0.480 e. The summed E-state index contributed by atoms with van der Waals surface area (Å²) in [5.74, 6) is -5.08. The molecule has 12 heteroatoms. The van der Waals surface area contributed by atoms with Crippen LogP contribution in [-0.4, -0.2) is 91.7 Å². The highest BCUT2D eigenvalue weighted by molar-refractivity contribution is 6.24. The highest BCUT2D eigenvalue weighted by Crippen LogP contribution is 2.26. The molecule has 0 atom stereocenters. The van der Waals surface area contributed by atoms with Gasteiger partial charge in [0.15, 0.2) is 0 Å². The van der Waals surface area contributed by atoms with Gasteiger partial charge in [0, 0.05) is 13.2 Å². The number of carbonyl (C=O) groups excluding carboxylic acids is 4. The van der Waals surface area contributed by atoms with Crippen LogP contribution in [0.15, 0.2) is 0 Å². The van der Waals surface area contributed by atoms with E-state index in [0.717, 1.165) is 0 Å². The van der Waals surface area contributed by atoms with Gasteiger partial charge in [0.25, 0.3) is 0 Å². The van der Waals surface area contributed by atoms with Crippen molar-refractivity contribution in [2.24, 2.45) is 0 Å². The summed E-state index contributed by atoms with van der Waals surface area (Å²) < 4.78 is 26.3. The summed E-state index contributed by atoms with van der Waals surface area (Å²) in [7, 11) is 0. The number of amides is 1. The molecule has 0 bridgehead atoms. The maximum atomic E-state index is 13.6. The number of rotatable bonds is 22. The lowest BCUT2D eigenvalue weighted by atomic mass is 9.96. The minimum Gasteiger partial charge on any atom is -0.480 e. The third-order valence-electron chi connectivity index (χ3n) is 5.32. The predicted octanol–water partition coefficient (Wildman–Crippen LogP) is 3.49. The van der Waals surface area contributed by atoms with E-state index in [1.807, 2.05) is 27.7 Å². The van der Waals surface area contributed by atoms with E-state index < -0.39 is 42.1 Å². The lowest BCUT2D eigenvalue weighted by Crippen LogP contribution is -2.68. The van der Waals surface area contributed by atoms with Crippen molar-refractivity contribution in [3.63, 3.8) is 0 Å². The van der Waals surface area contributed by atoms with Crippen LogP contribution in [0.4, 0.5) is 4.79 Å². The zero-order valence-electron chi connectivity index (χ0n) is 23.3. The van der Waals surface area contributed by atoms with E-state index in [9.17, 15) is 24.0 Å². The van der Waals surface area contributed by atoms with Crippen LogP contribution in [0.2, 0.25) is 0 Å². The topological polar surface area (TPSA) is 155 Å². The van der Waals surface area contributed by atoms with Crippen molar-refractivity contribution < 1.29 is 52.8 Å². The molecular weight excluding hydrogens is 502 g/mol. The molecule has 0 radical (unpaired) electrons. The van der Waals surface area contributed by atoms with Gasteiger partial charge in [-0.25, -0.2) is 24.0 Å². The van der Waals surface area contributed by atoms with Gasteiger partial charge in [0.05, 0.1) is 26.4 Å². The Morgan fingerprint density at radius 2 is 1.00 bits per heavy atom. The number of hydrogen-bond acceptors (Lipinski definition) is 10. The Morgan fingerprint density at radius 3 is 1.37 bits per heavy atom. The highest BCUT2D eigenvalue weighted by Gasteiger charge is 2.64. The van der Waals surface area contributed by atoms with E-state index in [2.05, 4.69) is 0 Å². The first-order chi connectivity index (χ1) is 18.2. The molecule has 0 fully saturated rings. The van der Waals surface area contributed by atoms with Gasteiger partial charge >= 0.3 is 35.5 Å². The molecular formula is C26H45NO11. The molecule has 0 rings (SSSR count). The van der Waals surface area contributed by atoms with Crippen molar-refractivity contribution in [1.82, 2.24) is 4.90 Å². The molecule has 0 aromatic heterocycles. The lowest BCUT2D eigenvalue weighted by molar-refractivity contribution is -0.186. The molecule has 1 N–H and O–H groups in total. The van der Waals surface area contributed by atoms with Crippen LogP contribution in [0.1, 0.15) is 85.5 Å². The van der Waals surface area contributed by atoms with Gasteiger partial charge in [-0.15, -0.1) is 0 Å². The fourth-order valence-electron chi connectivity index (χ4n) is 3.08. The summed E-state index contributed by atoms with van der Waals surface area (Å²) in [5, 5.41) is 8.79. The van der Waals surface area contributed by atoms with Crippen LogP contribution in [0.5, 0.6) is 0 Å². The van der Waals surface area contributed by atoms with E-state index in [0.29, 0.717) is 56.3 Å². The number of carboxylic acid groups (broad SMARTS) is 1. The number of unbranched alkanes of at least 4 members (excludes halogenated alkanes) is 4. The first-order valence-electron chi connectivity index (χ1n) is 13.5. The SMILES string of the molecule is CCCCOC(=O)N(CCCOCC(=O)O)C(C(=O)OCCCC)(C(=O)OCCCC)C(=O)OCCCC. The monoisotopic (exact) mass is 547 g/mol. The average molecular weight is 548 g/mol. The van der Waals surface area contributed by atoms with Gasteiger partial charge in [-0.3, -0.25) is 4.90 Å². The second-order valence-corrected chi connectivity index (χ2v) is 8.60. The van der Waals surface area contributed by atoms with Gasteiger partial charge < -0.3 is 28.8 Å². The smallest absolute Gasteiger partial charge is 0.411 e. The Labute approximate surface area is 225 Å². The first-order valence-corrected chi connectivity index (χ1v) is 13.5. The Hall–Kier alpha value is -2.89. The van der Waals surface area contributed by atoms with E-state index in [1.165, 1.54) is 0 Å². The summed E-state index contributed by atoms with van der Waals surface area (Å²) in [6.45, 7) is 6.10. The molecule has 220 valence electrons. The van der Waals surface area contributed by atoms with E-state index in [1.54, 1.807) is 0 Å². The van der Waals surface area contributed by atoms with Crippen LogP contribution >= 0.6 is 0 Å².